The van der Waals surface area contributed by atoms with Crippen LogP contribution in [-0.4, -0.2) is 23.2 Å². The maximum absolute atomic E-state index is 13.1. The van der Waals surface area contributed by atoms with Gasteiger partial charge in [0.1, 0.15) is 29.8 Å². The van der Waals surface area contributed by atoms with E-state index < -0.39 is 11.8 Å². The molecule has 1 aliphatic rings. The molecule has 2 N–H and O–H groups in total. The van der Waals surface area contributed by atoms with Gasteiger partial charge in [0.05, 0.1) is 13.2 Å². The number of nitrogens with one attached hydrogen (secondary N) is 2. The molecule has 0 aliphatic carbocycles. The first kappa shape index (κ1) is 19.5. The minimum atomic E-state index is -0.778. The second-order valence-corrected chi connectivity index (χ2v) is 6.93. The first-order chi connectivity index (χ1) is 14.5. The highest BCUT2D eigenvalue weighted by molar-refractivity contribution is 5.84. The van der Waals surface area contributed by atoms with E-state index in [4.69, 9.17) is 19.6 Å². The van der Waals surface area contributed by atoms with Crippen LogP contribution >= 0.6 is 0 Å². The summed E-state index contributed by atoms with van der Waals surface area (Å²) in [6.45, 7) is 2.09. The van der Waals surface area contributed by atoms with Crippen LogP contribution in [0.5, 0.6) is 17.4 Å². The highest BCUT2D eigenvalue weighted by atomic mass is 19.1. The average Bonchev–Trinajstić information content (AvgIpc) is 3.12. The number of fused-ring (bicyclic) bond motifs is 1. The van der Waals surface area contributed by atoms with Crippen LogP contribution in [0, 0.1) is 35.4 Å². The normalized spacial score (nSPS) is 17.6. The lowest BCUT2D eigenvalue weighted by Crippen LogP contribution is -2.31. The van der Waals surface area contributed by atoms with Crippen LogP contribution in [-0.2, 0) is 6.61 Å². The van der Waals surface area contributed by atoms with Gasteiger partial charge in [-0.15, -0.1) is 5.10 Å². The summed E-state index contributed by atoms with van der Waals surface area (Å²) in [4.78, 5) is 0. The Balaban J connectivity index is 1.66. The number of aryl methyl sites for hydroxylation is 1. The Morgan fingerprint density at radius 1 is 1.27 bits per heavy atom. The molecule has 30 heavy (non-hydrogen) atoms. The van der Waals surface area contributed by atoms with Gasteiger partial charge in [0.2, 0.25) is 11.8 Å². The molecule has 0 fully saturated rings. The summed E-state index contributed by atoms with van der Waals surface area (Å²) in [5, 5.41) is 24.8. The smallest absolute Gasteiger partial charge is 0.243 e. The second kappa shape index (κ2) is 7.87. The third kappa shape index (κ3) is 3.46. The van der Waals surface area contributed by atoms with E-state index in [9.17, 15) is 9.65 Å². The minimum absolute atomic E-state index is 0.135. The van der Waals surface area contributed by atoms with Gasteiger partial charge in [-0.1, -0.05) is 12.1 Å². The molecule has 8 heteroatoms. The quantitative estimate of drug-likeness (QED) is 0.664. The Hall–Kier alpha value is -3.86. The zero-order valence-corrected chi connectivity index (χ0v) is 16.4. The summed E-state index contributed by atoms with van der Waals surface area (Å²) in [6.07, 6.45) is 0. The molecule has 7 nitrogen and oxygen atoms in total. The zero-order chi connectivity index (χ0) is 21.3. The predicted octanol–water partition coefficient (Wildman–Crippen LogP) is 4.09. The summed E-state index contributed by atoms with van der Waals surface area (Å²) in [6, 6.07) is 13.6. The first-order valence-corrected chi connectivity index (χ1v) is 9.27. The van der Waals surface area contributed by atoms with Crippen LogP contribution in [0.2, 0.25) is 0 Å². The molecule has 0 amide bonds. The molecule has 0 saturated heterocycles. The van der Waals surface area contributed by atoms with Crippen LogP contribution in [0.3, 0.4) is 0 Å². The maximum atomic E-state index is 13.1. The number of H-pyrrole nitrogens is 1. The fraction of sp³-hybridized carbons (Fsp3) is 0.227. The zero-order valence-electron chi connectivity index (χ0n) is 16.4. The Morgan fingerprint density at radius 2 is 2.03 bits per heavy atom. The molecule has 2 heterocycles. The third-order valence-corrected chi connectivity index (χ3v) is 5.11. The lowest BCUT2D eigenvalue weighted by molar-refractivity contribution is 0.296. The largest absolute Gasteiger partial charge is 0.496 e. The Labute approximate surface area is 172 Å². The van der Waals surface area contributed by atoms with Crippen molar-refractivity contribution < 1.29 is 18.6 Å². The van der Waals surface area contributed by atoms with E-state index in [1.165, 1.54) is 12.1 Å². The highest BCUT2D eigenvalue weighted by Crippen LogP contribution is 2.43. The van der Waals surface area contributed by atoms with E-state index in [0.717, 1.165) is 22.4 Å². The van der Waals surface area contributed by atoms with Gasteiger partial charge in [-0.05, 0) is 42.8 Å². The van der Waals surface area contributed by atoms with E-state index in [1.807, 2.05) is 25.1 Å². The molecule has 1 aliphatic heterocycles. The number of hydrogen-bond acceptors (Lipinski definition) is 6. The van der Waals surface area contributed by atoms with Crippen molar-refractivity contribution in [3.05, 3.63) is 70.7 Å². The molecule has 0 spiro atoms. The van der Waals surface area contributed by atoms with E-state index in [0.29, 0.717) is 17.4 Å². The van der Waals surface area contributed by atoms with Crippen molar-refractivity contribution in [3.63, 3.8) is 0 Å². The predicted molar refractivity (Wildman–Crippen MR) is 106 cm³/mol. The molecular formula is C22H19FN4O3. The third-order valence-electron chi connectivity index (χ3n) is 5.11. The number of aromatic nitrogens is 2. The Morgan fingerprint density at radius 3 is 2.73 bits per heavy atom. The molecule has 0 bridgehead atoms. The second-order valence-electron chi connectivity index (χ2n) is 6.93. The van der Waals surface area contributed by atoms with Gasteiger partial charge >= 0.3 is 0 Å². The van der Waals surface area contributed by atoms with Crippen molar-refractivity contribution >= 4 is 5.90 Å². The first-order valence-electron chi connectivity index (χ1n) is 9.27. The maximum Gasteiger partial charge on any atom is 0.243 e. The number of ether oxygens (including phenoxy) is 3. The highest BCUT2D eigenvalue weighted by Gasteiger charge is 2.40. The van der Waals surface area contributed by atoms with Gasteiger partial charge in [-0.25, -0.2) is 4.39 Å². The fourth-order valence-corrected chi connectivity index (χ4v) is 3.60. The number of hydrogen-bond donors (Lipinski definition) is 2. The number of rotatable bonds is 5. The number of nitriles is 1. The van der Waals surface area contributed by atoms with Gasteiger partial charge in [0.25, 0.3) is 0 Å². The monoisotopic (exact) mass is 406 g/mol. The van der Waals surface area contributed by atoms with Gasteiger partial charge in [-0.3, -0.25) is 10.5 Å². The van der Waals surface area contributed by atoms with Crippen molar-refractivity contribution in [2.24, 2.45) is 5.92 Å². The molecular weight excluding hydrogens is 387 g/mol. The molecule has 2 aromatic carbocycles. The number of nitrogens with zero attached hydrogens (tertiary/aromatic N) is 2. The summed E-state index contributed by atoms with van der Waals surface area (Å²) in [7, 11) is 1.56. The molecule has 3 aromatic rings. The molecule has 152 valence electrons. The summed E-state index contributed by atoms with van der Waals surface area (Å²) in [5.74, 6) is -0.199. The molecule has 4 rings (SSSR count). The average molecular weight is 406 g/mol. The molecule has 2 atom stereocenters. The van der Waals surface area contributed by atoms with E-state index >= 15 is 0 Å². The van der Waals surface area contributed by atoms with Crippen molar-refractivity contribution in [1.82, 2.24) is 10.2 Å². The lowest BCUT2D eigenvalue weighted by Gasteiger charge is -2.28. The van der Waals surface area contributed by atoms with Crippen LogP contribution in [0.15, 0.2) is 42.5 Å². The number of aromatic amines is 1. The van der Waals surface area contributed by atoms with Gasteiger partial charge < -0.3 is 14.2 Å². The SMILES string of the molecule is COc1cc(C2c3c(n[nH]c3C)OC(=N)C2C#N)ccc1COc1ccc(F)cc1. The number of halogens is 1. The van der Waals surface area contributed by atoms with Crippen LogP contribution in [0.4, 0.5) is 4.39 Å². The van der Waals surface area contributed by atoms with E-state index in [-0.39, 0.29) is 18.3 Å². The summed E-state index contributed by atoms with van der Waals surface area (Å²) < 4.78 is 29.8. The summed E-state index contributed by atoms with van der Waals surface area (Å²) >= 11 is 0. The van der Waals surface area contributed by atoms with Crippen LogP contribution in [0.1, 0.15) is 28.3 Å². The van der Waals surface area contributed by atoms with E-state index in [2.05, 4.69) is 16.3 Å². The van der Waals surface area contributed by atoms with Gasteiger partial charge in [0, 0.05) is 22.7 Å². The van der Waals surface area contributed by atoms with Crippen LogP contribution in [0.25, 0.3) is 0 Å². The standard InChI is InChI=1S/C22H19FN4O3/c1-12-19-20(17(10-24)21(25)30-22(19)27-26-12)13-3-4-14(18(9-13)28-2)11-29-16-7-5-15(23)6-8-16/h3-9,17,20,25H,11H2,1-2H3,(H,26,27). The van der Waals surface area contributed by atoms with Gasteiger partial charge in [-0.2, -0.15) is 5.26 Å². The summed E-state index contributed by atoms with van der Waals surface area (Å²) in [5.41, 5.74) is 3.15. The van der Waals surface area contributed by atoms with Gasteiger partial charge in [0.15, 0.2) is 0 Å². The molecule has 0 saturated carbocycles. The van der Waals surface area contributed by atoms with Crippen LogP contribution < -0.4 is 14.2 Å². The molecule has 0 radical (unpaired) electrons. The van der Waals surface area contributed by atoms with Crippen molar-refractivity contribution in [1.29, 1.82) is 10.7 Å². The lowest BCUT2D eigenvalue weighted by atomic mass is 9.79. The Bertz CT molecular complexity index is 1130. The van der Waals surface area contributed by atoms with Crippen molar-refractivity contribution in [2.45, 2.75) is 19.4 Å². The van der Waals surface area contributed by atoms with Crippen molar-refractivity contribution in [3.8, 4) is 23.4 Å². The van der Waals surface area contributed by atoms with E-state index in [1.54, 1.807) is 19.2 Å². The topological polar surface area (TPSA) is 104 Å². The molecule has 1 aromatic heterocycles. The van der Waals surface area contributed by atoms with Crippen molar-refractivity contribution in [2.75, 3.05) is 7.11 Å². The fourth-order valence-electron chi connectivity index (χ4n) is 3.60. The number of benzene rings is 2. The Kier molecular flexibility index (Phi) is 5.11. The molecule has 2 unspecified atom stereocenters. The minimum Gasteiger partial charge on any atom is -0.496 e. The number of methoxy groups -OCH3 is 1.